The van der Waals surface area contributed by atoms with Gasteiger partial charge in [-0.25, -0.2) is 0 Å². The Hall–Kier alpha value is -0.980. The molecule has 0 spiro atoms. The number of hydrogen-bond acceptors (Lipinski definition) is 2. The van der Waals surface area contributed by atoms with Gasteiger partial charge in [0, 0.05) is 10.5 Å². The molecule has 0 amide bonds. The predicted molar refractivity (Wildman–Crippen MR) is 75.2 cm³/mol. The molecule has 0 radical (unpaired) electrons. The van der Waals surface area contributed by atoms with Crippen molar-refractivity contribution in [2.24, 2.45) is 5.73 Å². The van der Waals surface area contributed by atoms with Gasteiger partial charge in [-0.05, 0) is 43.0 Å². The molecule has 92 valence electrons. The molecule has 3 heteroatoms. The third kappa shape index (κ3) is 4.07. The van der Waals surface area contributed by atoms with Gasteiger partial charge in [-0.1, -0.05) is 28.8 Å². The Morgan fingerprint density at radius 3 is 2.82 bits per heavy atom. The number of benzene rings is 1. The number of halogens is 1. The van der Waals surface area contributed by atoms with E-state index in [0.717, 1.165) is 34.2 Å². The summed E-state index contributed by atoms with van der Waals surface area (Å²) in [5.74, 6) is 3.36. The number of hydrogen-bond donors (Lipinski definition) is 1. The summed E-state index contributed by atoms with van der Waals surface area (Å²) in [4.78, 5) is 0. The molecule has 0 aliphatic heterocycles. The monoisotopic (exact) mass is 295 g/mol. The molecule has 0 aliphatic rings. The highest BCUT2D eigenvalue weighted by Crippen LogP contribution is 2.29. The molecule has 1 unspecified atom stereocenters. The molecule has 0 aliphatic carbocycles. The Labute approximate surface area is 112 Å². The predicted octanol–water partition coefficient (Wildman–Crippen LogP) is 3.05. The molecule has 2 nitrogen and oxygen atoms in total. The minimum Gasteiger partial charge on any atom is -0.480 e. The highest BCUT2D eigenvalue weighted by molar-refractivity contribution is 9.10. The molecule has 1 aromatic carbocycles. The summed E-state index contributed by atoms with van der Waals surface area (Å²) in [6.07, 6.45) is 6.97. The number of aryl methyl sites for hydroxylation is 1. The minimum absolute atomic E-state index is 0.150. The van der Waals surface area contributed by atoms with E-state index in [1.54, 1.807) is 0 Å². The molecular weight excluding hydrogens is 278 g/mol. The van der Waals surface area contributed by atoms with E-state index in [1.165, 1.54) is 0 Å². The first-order chi connectivity index (χ1) is 8.08. The van der Waals surface area contributed by atoms with Crippen LogP contribution in [0.15, 0.2) is 16.6 Å². The lowest BCUT2D eigenvalue weighted by atomic mass is 10.0. The molecule has 0 saturated carbocycles. The van der Waals surface area contributed by atoms with Crippen molar-refractivity contribution in [3.05, 3.63) is 27.7 Å². The Bertz CT molecular complexity index is 423. The molecule has 0 heterocycles. The van der Waals surface area contributed by atoms with Crippen LogP contribution >= 0.6 is 15.9 Å². The topological polar surface area (TPSA) is 35.2 Å². The fourth-order valence-electron chi connectivity index (χ4n) is 1.70. The third-order valence-corrected chi connectivity index (χ3v) is 3.08. The second-order valence-corrected chi connectivity index (χ2v) is 4.99. The zero-order chi connectivity index (χ0) is 12.8. The molecule has 1 aromatic rings. The zero-order valence-electron chi connectivity index (χ0n) is 10.3. The molecule has 1 rings (SSSR count). The molecule has 0 bridgehead atoms. The number of nitrogens with two attached hydrogens (primary N) is 1. The lowest BCUT2D eigenvalue weighted by Gasteiger charge is -2.16. The van der Waals surface area contributed by atoms with Crippen molar-refractivity contribution in [3.8, 4) is 18.1 Å². The summed E-state index contributed by atoms with van der Waals surface area (Å²) in [7, 11) is 0. The first-order valence-electron chi connectivity index (χ1n) is 5.69. The fraction of sp³-hybridized carbons (Fsp3) is 0.429. The van der Waals surface area contributed by atoms with Crippen LogP contribution in [-0.4, -0.2) is 12.6 Å². The molecule has 1 atom stereocenters. The lowest BCUT2D eigenvalue weighted by molar-refractivity contribution is 0.362. The van der Waals surface area contributed by atoms with Gasteiger partial charge in [0.05, 0.1) is 0 Å². The maximum Gasteiger partial charge on any atom is 0.148 e. The lowest BCUT2D eigenvalue weighted by Crippen LogP contribution is -2.22. The molecule has 0 aromatic heterocycles. The van der Waals surface area contributed by atoms with E-state index >= 15 is 0 Å². The van der Waals surface area contributed by atoms with Crippen molar-refractivity contribution >= 4 is 15.9 Å². The van der Waals surface area contributed by atoms with E-state index in [4.69, 9.17) is 16.9 Å². The van der Waals surface area contributed by atoms with Crippen molar-refractivity contribution in [2.75, 3.05) is 6.61 Å². The average molecular weight is 296 g/mol. The maximum atomic E-state index is 5.99. The maximum absolute atomic E-state index is 5.99. The first-order valence-corrected chi connectivity index (χ1v) is 6.48. The van der Waals surface area contributed by atoms with Crippen molar-refractivity contribution in [1.82, 2.24) is 0 Å². The Balaban J connectivity index is 3.02. The summed E-state index contributed by atoms with van der Waals surface area (Å²) in [6, 6.07) is 4.22. The number of rotatable bonds is 5. The molecular formula is C14H18BrNO. The van der Waals surface area contributed by atoms with Gasteiger partial charge >= 0.3 is 0 Å². The smallest absolute Gasteiger partial charge is 0.148 e. The van der Waals surface area contributed by atoms with Crippen molar-refractivity contribution in [2.45, 2.75) is 32.7 Å². The Kier molecular flexibility index (Phi) is 5.54. The van der Waals surface area contributed by atoms with E-state index in [1.807, 2.05) is 19.1 Å². The fourth-order valence-corrected chi connectivity index (χ4v) is 2.32. The average Bonchev–Trinajstić information content (AvgIpc) is 2.27. The second kappa shape index (κ2) is 6.68. The molecule has 17 heavy (non-hydrogen) atoms. The van der Waals surface area contributed by atoms with Crippen LogP contribution in [0.5, 0.6) is 5.75 Å². The van der Waals surface area contributed by atoms with Gasteiger partial charge in [0.15, 0.2) is 0 Å². The summed E-state index contributed by atoms with van der Waals surface area (Å²) in [5.41, 5.74) is 8.18. The quantitative estimate of drug-likeness (QED) is 0.848. The summed E-state index contributed by atoms with van der Waals surface area (Å²) < 4.78 is 6.65. The molecule has 0 saturated heterocycles. The van der Waals surface area contributed by atoms with Crippen molar-refractivity contribution in [3.63, 3.8) is 0 Å². The molecule has 0 fully saturated rings. The summed E-state index contributed by atoms with van der Waals surface area (Å²) >= 11 is 3.49. The van der Waals surface area contributed by atoms with Crippen LogP contribution in [0, 0.1) is 19.3 Å². The largest absolute Gasteiger partial charge is 0.480 e. The van der Waals surface area contributed by atoms with Crippen LogP contribution in [0.1, 0.15) is 24.5 Å². The van der Waals surface area contributed by atoms with Crippen LogP contribution in [0.3, 0.4) is 0 Å². The van der Waals surface area contributed by atoms with Crippen molar-refractivity contribution in [1.29, 1.82) is 0 Å². The van der Waals surface area contributed by atoms with E-state index in [9.17, 15) is 0 Å². The highest BCUT2D eigenvalue weighted by Gasteiger charge is 2.11. The Morgan fingerprint density at radius 1 is 1.53 bits per heavy atom. The summed E-state index contributed by atoms with van der Waals surface area (Å²) in [5, 5.41) is 0. The van der Waals surface area contributed by atoms with Crippen LogP contribution in [-0.2, 0) is 6.42 Å². The van der Waals surface area contributed by atoms with Crippen LogP contribution in [0.25, 0.3) is 0 Å². The molecule has 2 N–H and O–H groups in total. The first kappa shape index (κ1) is 14.1. The van der Waals surface area contributed by atoms with E-state index < -0.39 is 0 Å². The van der Waals surface area contributed by atoms with Gasteiger partial charge in [0.2, 0.25) is 0 Å². The third-order valence-electron chi connectivity index (χ3n) is 2.62. The van der Waals surface area contributed by atoms with Crippen molar-refractivity contribution < 1.29 is 4.74 Å². The summed E-state index contributed by atoms with van der Waals surface area (Å²) in [6.45, 7) is 4.38. The van der Waals surface area contributed by atoms with Crippen LogP contribution in [0.2, 0.25) is 0 Å². The van der Waals surface area contributed by atoms with Gasteiger partial charge in [-0.2, -0.15) is 0 Å². The van der Waals surface area contributed by atoms with E-state index in [2.05, 4.69) is 28.8 Å². The van der Waals surface area contributed by atoms with Crippen LogP contribution in [0.4, 0.5) is 0 Å². The Morgan fingerprint density at radius 2 is 2.24 bits per heavy atom. The SMILES string of the molecule is C#CCOc1c(C)cc(Br)cc1CC(N)CC. The van der Waals surface area contributed by atoms with Crippen LogP contribution < -0.4 is 10.5 Å². The zero-order valence-corrected chi connectivity index (χ0v) is 11.9. The number of terminal acetylenes is 1. The van der Waals surface area contributed by atoms with Gasteiger partial charge < -0.3 is 10.5 Å². The second-order valence-electron chi connectivity index (χ2n) is 4.08. The van der Waals surface area contributed by atoms with Gasteiger partial charge in [0.25, 0.3) is 0 Å². The van der Waals surface area contributed by atoms with E-state index in [0.29, 0.717) is 0 Å². The van der Waals surface area contributed by atoms with Gasteiger partial charge in [-0.15, -0.1) is 6.42 Å². The standard InChI is InChI=1S/C14H18BrNO/c1-4-6-17-14-10(3)7-12(15)8-11(14)9-13(16)5-2/h1,7-8,13H,5-6,9,16H2,2-3H3. The van der Waals surface area contributed by atoms with Gasteiger partial charge in [0.1, 0.15) is 12.4 Å². The normalized spacial score (nSPS) is 11.9. The number of ether oxygens (including phenoxy) is 1. The minimum atomic E-state index is 0.150. The van der Waals surface area contributed by atoms with E-state index in [-0.39, 0.29) is 12.6 Å². The van der Waals surface area contributed by atoms with Gasteiger partial charge in [-0.3, -0.25) is 0 Å². The highest BCUT2D eigenvalue weighted by atomic mass is 79.9.